The van der Waals surface area contributed by atoms with Crippen LogP contribution < -0.4 is 25.7 Å². The van der Waals surface area contributed by atoms with Crippen LogP contribution in [0.4, 0.5) is 21.7 Å². The molecule has 0 amide bonds. The first-order chi connectivity index (χ1) is 16.9. The van der Waals surface area contributed by atoms with Crippen LogP contribution in [0, 0.1) is 5.82 Å². The van der Waals surface area contributed by atoms with Gasteiger partial charge in [0.1, 0.15) is 35.8 Å². The van der Waals surface area contributed by atoms with Gasteiger partial charge in [-0.1, -0.05) is 0 Å². The van der Waals surface area contributed by atoms with Crippen molar-refractivity contribution in [2.45, 2.75) is 44.3 Å². The zero-order valence-corrected chi connectivity index (χ0v) is 19.1. The molecule has 0 unspecified atom stereocenters. The molecule has 3 aliphatic rings. The second kappa shape index (κ2) is 8.10. The number of hydrogen-bond donors (Lipinski definition) is 3. The number of hydrogen-bond acceptors (Lipinski definition) is 8. The molecule has 35 heavy (non-hydrogen) atoms. The number of benzene rings is 1. The summed E-state index contributed by atoms with van der Waals surface area (Å²) in [6.45, 7) is 3.21. The Morgan fingerprint density at radius 3 is 2.63 bits per heavy atom. The van der Waals surface area contributed by atoms with Gasteiger partial charge in [-0.25, -0.2) is 19.2 Å². The van der Waals surface area contributed by atoms with E-state index in [9.17, 15) is 14.7 Å². The Labute approximate surface area is 199 Å². The number of ether oxygens (including phenoxy) is 1. The van der Waals surface area contributed by atoms with Crippen molar-refractivity contribution in [2.75, 3.05) is 35.2 Å². The molecule has 3 N–H and O–H groups in total. The lowest BCUT2D eigenvalue weighted by Crippen LogP contribution is -2.30. The third kappa shape index (κ3) is 3.80. The molecule has 0 bridgehead atoms. The van der Waals surface area contributed by atoms with Gasteiger partial charge in [0.05, 0.1) is 16.9 Å². The maximum Gasteiger partial charge on any atom is 0.341 e. The first-order valence-corrected chi connectivity index (χ1v) is 11.8. The van der Waals surface area contributed by atoms with Crippen LogP contribution in [0.3, 0.4) is 0 Å². The van der Waals surface area contributed by atoms with E-state index in [1.807, 2.05) is 17.9 Å². The third-order valence-corrected chi connectivity index (χ3v) is 6.83. The monoisotopic (exact) mass is 480 g/mol. The van der Waals surface area contributed by atoms with E-state index in [-0.39, 0.29) is 35.4 Å². The van der Waals surface area contributed by atoms with Crippen LogP contribution in [0.1, 0.15) is 42.6 Å². The average molecular weight is 481 g/mol. The molecular weight excluding hydrogens is 455 g/mol. The second-order valence-electron chi connectivity index (χ2n) is 9.46. The molecule has 10 nitrogen and oxygen atoms in total. The highest BCUT2D eigenvalue weighted by Crippen LogP contribution is 2.43. The molecule has 2 atom stereocenters. The van der Waals surface area contributed by atoms with Crippen molar-refractivity contribution in [3.63, 3.8) is 0 Å². The van der Waals surface area contributed by atoms with Gasteiger partial charge in [0.25, 0.3) is 0 Å². The summed E-state index contributed by atoms with van der Waals surface area (Å²) in [5, 5.41) is 16.2. The van der Waals surface area contributed by atoms with Gasteiger partial charge in [-0.2, -0.15) is 0 Å². The van der Waals surface area contributed by atoms with E-state index >= 15 is 4.39 Å². The first-order valence-electron chi connectivity index (χ1n) is 11.8. The maximum absolute atomic E-state index is 15.5. The van der Waals surface area contributed by atoms with Crippen molar-refractivity contribution in [2.24, 2.45) is 0 Å². The molecule has 1 saturated carbocycles. The molecule has 0 spiro atoms. The van der Waals surface area contributed by atoms with Crippen molar-refractivity contribution in [3.05, 3.63) is 46.3 Å². The van der Waals surface area contributed by atoms with Crippen LogP contribution in [0.25, 0.3) is 10.9 Å². The van der Waals surface area contributed by atoms with Crippen LogP contribution in [0.15, 0.2) is 29.5 Å². The number of halogens is 1. The largest absolute Gasteiger partial charge is 0.487 e. The van der Waals surface area contributed by atoms with Crippen LogP contribution >= 0.6 is 0 Å². The zero-order valence-electron chi connectivity index (χ0n) is 19.1. The van der Waals surface area contributed by atoms with E-state index < -0.39 is 17.2 Å². The lowest BCUT2D eigenvalue weighted by Gasteiger charge is -2.31. The number of rotatable bonds is 6. The minimum absolute atomic E-state index is 0.0123. The Balaban J connectivity index is 1.32. The number of aromatic nitrogens is 3. The summed E-state index contributed by atoms with van der Waals surface area (Å²) in [6.07, 6.45) is 5.91. The van der Waals surface area contributed by atoms with Gasteiger partial charge < -0.3 is 29.9 Å². The fourth-order valence-electron chi connectivity index (χ4n) is 4.90. The van der Waals surface area contributed by atoms with Gasteiger partial charge >= 0.3 is 5.97 Å². The highest BCUT2D eigenvalue weighted by Gasteiger charge is 2.33. The fraction of sp³-hybridized carbons (Fsp3) is 0.417. The van der Waals surface area contributed by atoms with Gasteiger partial charge in [0.2, 0.25) is 5.43 Å². The molecule has 2 aliphatic heterocycles. The van der Waals surface area contributed by atoms with Crippen LogP contribution in [0.2, 0.25) is 0 Å². The molecule has 11 heteroatoms. The van der Waals surface area contributed by atoms with Gasteiger partial charge in [-0.15, -0.1) is 0 Å². The highest BCUT2D eigenvalue weighted by molar-refractivity contribution is 5.97. The summed E-state index contributed by atoms with van der Waals surface area (Å²) in [7, 11) is 0. The number of carbonyl (C=O) groups is 1. The zero-order chi connectivity index (χ0) is 24.3. The Bertz CT molecular complexity index is 1410. The standard InChI is InChI=1S/C24H25FN6O4/c1-12-10-35-23-20-15(22(32)16(24(33)34)9-31(12)20)6-17(25)21(23)30-5-4-14(8-30)29-19-7-18(26-11-27-19)28-13-2-3-13/h6-7,9,11-14H,2-5,8,10H2,1H3,(H,33,34)(H2,26,27,28,29)/t12-,14-/m0/s1. The molecule has 6 rings (SSSR count). The summed E-state index contributed by atoms with van der Waals surface area (Å²) in [6, 6.07) is 3.33. The van der Waals surface area contributed by atoms with Crippen molar-refractivity contribution < 1.29 is 19.0 Å². The van der Waals surface area contributed by atoms with Crippen molar-refractivity contribution in [1.29, 1.82) is 0 Å². The van der Waals surface area contributed by atoms with Crippen LogP contribution in [-0.2, 0) is 0 Å². The molecule has 0 radical (unpaired) electrons. The topological polar surface area (TPSA) is 122 Å². The minimum atomic E-state index is -1.33. The summed E-state index contributed by atoms with van der Waals surface area (Å²) in [5.41, 5.74) is -0.370. The number of carboxylic acid groups (broad SMARTS) is 1. The molecule has 3 aromatic rings. The fourth-order valence-corrected chi connectivity index (χ4v) is 4.90. The van der Waals surface area contributed by atoms with E-state index in [0.717, 1.165) is 31.1 Å². The predicted molar refractivity (Wildman–Crippen MR) is 128 cm³/mol. The number of aromatic carboxylic acids is 1. The third-order valence-electron chi connectivity index (χ3n) is 6.83. The quantitative estimate of drug-likeness (QED) is 0.489. The van der Waals surface area contributed by atoms with Crippen molar-refractivity contribution in [3.8, 4) is 5.75 Å². The summed E-state index contributed by atoms with van der Waals surface area (Å²) in [4.78, 5) is 34.9. The van der Waals surface area contributed by atoms with Crippen molar-refractivity contribution in [1.82, 2.24) is 14.5 Å². The van der Waals surface area contributed by atoms with E-state index in [1.165, 1.54) is 12.5 Å². The molecule has 2 fully saturated rings. The second-order valence-corrected chi connectivity index (χ2v) is 9.46. The van der Waals surface area contributed by atoms with Crippen LogP contribution in [0.5, 0.6) is 5.75 Å². The first kappa shape index (κ1) is 21.6. The Morgan fingerprint density at radius 2 is 1.91 bits per heavy atom. The number of nitrogens with zero attached hydrogens (tertiary/aromatic N) is 4. The summed E-state index contributed by atoms with van der Waals surface area (Å²) >= 11 is 0. The molecule has 182 valence electrons. The number of pyridine rings is 1. The molecule has 1 aromatic carbocycles. The summed E-state index contributed by atoms with van der Waals surface area (Å²) in [5.74, 6) is -0.168. The number of nitrogens with one attached hydrogen (secondary N) is 2. The van der Waals surface area contributed by atoms with E-state index in [4.69, 9.17) is 4.74 Å². The van der Waals surface area contributed by atoms with Gasteiger partial charge in [-0.05, 0) is 32.3 Å². The number of anilines is 3. The van der Waals surface area contributed by atoms with Crippen LogP contribution in [-0.4, -0.2) is 57.4 Å². The Kier molecular flexibility index (Phi) is 5.01. The molecule has 2 aromatic heterocycles. The predicted octanol–water partition coefficient (Wildman–Crippen LogP) is 2.85. The minimum Gasteiger partial charge on any atom is -0.487 e. The lowest BCUT2D eigenvalue weighted by molar-refractivity contribution is 0.0694. The Hall–Kier alpha value is -3.89. The highest BCUT2D eigenvalue weighted by atomic mass is 19.1. The van der Waals surface area contributed by atoms with Gasteiger partial charge in [-0.3, -0.25) is 4.79 Å². The van der Waals surface area contributed by atoms with Gasteiger partial charge in [0.15, 0.2) is 11.6 Å². The van der Waals surface area contributed by atoms with E-state index in [1.54, 1.807) is 4.57 Å². The molecule has 1 saturated heterocycles. The molecule has 1 aliphatic carbocycles. The molecular formula is C24H25FN6O4. The SMILES string of the molecule is C[C@H]1COc2c(N3CC[C@H](Nc4cc(NC5CC5)ncn4)C3)c(F)cc3c(=O)c(C(=O)O)cn1c23. The smallest absolute Gasteiger partial charge is 0.341 e. The normalized spacial score (nSPS) is 21.1. The Morgan fingerprint density at radius 1 is 1.17 bits per heavy atom. The summed E-state index contributed by atoms with van der Waals surface area (Å²) < 4.78 is 23.1. The molecule has 4 heterocycles. The van der Waals surface area contributed by atoms with E-state index in [2.05, 4.69) is 20.6 Å². The average Bonchev–Trinajstić information content (AvgIpc) is 3.52. The van der Waals surface area contributed by atoms with Crippen molar-refractivity contribution >= 4 is 34.2 Å². The maximum atomic E-state index is 15.5. The number of carboxylic acids is 1. The van der Waals surface area contributed by atoms with E-state index in [0.29, 0.717) is 36.2 Å². The lowest BCUT2D eigenvalue weighted by atomic mass is 10.1. The van der Waals surface area contributed by atoms with Gasteiger partial charge in [0, 0.05) is 37.4 Å².